The van der Waals surface area contributed by atoms with Crippen LogP contribution in [-0.2, 0) is 4.79 Å². The molecule has 1 aromatic rings. The monoisotopic (exact) mass is 345 g/mol. The van der Waals surface area contributed by atoms with Crippen molar-refractivity contribution in [3.8, 4) is 5.75 Å². The fourth-order valence-electron chi connectivity index (χ4n) is 4.08. The maximum atomic E-state index is 12.6. The third-order valence-corrected chi connectivity index (χ3v) is 5.65. The molecule has 3 atom stereocenters. The largest absolute Gasteiger partial charge is 0.497 e. The van der Waals surface area contributed by atoms with Gasteiger partial charge in [0.15, 0.2) is 0 Å². The topological polar surface area (TPSA) is 62.4 Å². The van der Waals surface area contributed by atoms with Crippen molar-refractivity contribution in [1.82, 2.24) is 16.2 Å². The number of carbonyl (C=O) groups is 1. The predicted molar refractivity (Wildman–Crippen MR) is 99.2 cm³/mol. The molecule has 3 N–H and O–H groups in total. The number of amides is 1. The van der Waals surface area contributed by atoms with Crippen LogP contribution < -0.4 is 20.9 Å². The second-order valence-corrected chi connectivity index (χ2v) is 7.45. The summed E-state index contributed by atoms with van der Waals surface area (Å²) in [6.45, 7) is 2.14. The van der Waals surface area contributed by atoms with Gasteiger partial charge in [-0.25, -0.2) is 5.43 Å². The van der Waals surface area contributed by atoms with E-state index in [1.165, 1.54) is 31.2 Å². The summed E-state index contributed by atoms with van der Waals surface area (Å²) < 4.78 is 5.24. The van der Waals surface area contributed by atoms with E-state index in [9.17, 15) is 4.79 Å². The Kier molecular flexibility index (Phi) is 6.32. The Morgan fingerprint density at radius 3 is 2.44 bits per heavy atom. The molecule has 5 heteroatoms. The summed E-state index contributed by atoms with van der Waals surface area (Å²) in [4.78, 5) is 12.6. The molecule has 1 aliphatic carbocycles. The minimum atomic E-state index is 0.140. The Morgan fingerprint density at radius 2 is 1.80 bits per heavy atom. The number of hydrogen-bond acceptors (Lipinski definition) is 4. The number of hydrazine groups is 1. The summed E-state index contributed by atoms with van der Waals surface area (Å²) in [5.74, 6) is 1.28. The van der Waals surface area contributed by atoms with Gasteiger partial charge in [-0.05, 0) is 37.5 Å². The lowest BCUT2D eigenvalue weighted by atomic mass is 9.87. The van der Waals surface area contributed by atoms with Gasteiger partial charge >= 0.3 is 0 Å². The minimum absolute atomic E-state index is 0.140. The fraction of sp³-hybridized carbons (Fsp3) is 0.650. The van der Waals surface area contributed by atoms with Crippen molar-refractivity contribution in [1.29, 1.82) is 0 Å². The quantitative estimate of drug-likeness (QED) is 0.718. The van der Waals surface area contributed by atoms with E-state index >= 15 is 0 Å². The number of rotatable bonds is 5. The second kappa shape index (κ2) is 8.68. The summed E-state index contributed by atoms with van der Waals surface area (Å²) in [6.07, 6.45) is 7.90. The molecule has 1 amide bonds. The molecule has 1 aliphatic heterocycles. The van der Waals surface area contributed by atoms with Crippen LogP contribution in [0.25, 0.3) is 0 Å². The van der Waals surface area contributed by atoms with Crippen molar-refractivity contribution in [3.63, 3.8) is 0 Å². The van der Waals surface area contributed by atoms with Crippen LogP contribution in [0.1, 0.15) is 63.5 Å². The van der Waals surface area contributed by atoms with Crippen LogP contribution in [0.2, 0.25) is 0 Å². The molecule has 1 heterocycles. The van der Waals surface area contributed by atoms with Crippen LogP contribution in [0.15, 0.2) is 24.3 Å². The van der Waals surface area contributed by atoms with E-state index in [2.05, 4.69) is 35.2 Å². The molecule has 0 spiro atoms. The van der Waals surface area contributed by atoms with E-state index in [0.717, 1.165) is 18.6 Å². The third kappa shape index (κ3) is 4.73. The molecule has 5 nitrogen and oxygen atoms in total. The molecular weight excluding hydrogens is 314 g/mol. The van der Waals surface area contributed by atoms with Gasteiger partial charge in [0.1, 0.15) is 5.75 Å². The molecule has 3 unspecified atom stereocenters. The van der Waals surface area contributed by atoms with Crippen molar-refractivity contribution in [2.75, 3.05) is 7.11 Å². The molecule has 2 fully saturated rings. The highest BCUT2D eigenvalue weighted by Crippen LogP contribution is 2.32. The first kappa shape index (κ1) is 18.2. The maximum Gasteiger partial charge on any atom is 0.220 e. The molecule has 2 aliphatic rings. The Labute approximate surface area is 150 Å². The summed E-state index contributed by atoms with van der Waals surface area (Å²) >= 11 is 0. The highest BCUT2D eigenvalue weighted by Gasteiger charge is 2.35. The maximum absolute atomic E-state index is 12.6. The van der Waals surface area contributed by atoms with Gasteiger partial charge in [-0.1, -0.05) is 37.8 Å². The summed E-state index contributed by atoms with van der Waals surface area (Å²) in [5, 5.41) is 3.28. The molecule has 0 bridgehead atoms. The smallest absolute Gasteiger partial charge is 0.220 e. The normalized spacial score (nSPS) is 27.7. The fourth-order valence-corrected chi connectivity index (χ4v) is 4.08. The van der Waals surface area contributed by atoms with Gasteiger partial charge in [-0.15, -0.1) is 0 Å². The van der Waals surface area contributed by atoms with Gasteiger partial charge < -0.3 is 10.1 Å². The Bertz CT molecular complexity index is 553. The summed E-state index contributed by atoms with van der Waals surface area (Å²) in [5.41, 5.74) is 7.85. The van der Waals surface area contributed by atoms with E-state index in [-0.39, 0.29) is 23.9 Å². The lowest BCUT2D eigenvalue weighted by Crippen LogP contribution is -2.37. The number of carbonyl (C=O) groups excluding carboxylic acids is 1. The minimum Gasteiger partial charge on any atom is -0.497 e. The van der Waals surface area contributed by atoms with Crippen LogP contribution in [0.5, 0.6) is 5.75 Å². The zero-order valence-corrected chi connectivity index (χ0v) is 15.4. The van der Waals surface area contributed by atoms with Crippen molar-refractivity contribution < 1.29 is 9.53 Å². The van der Waals surface area contributed by atoms with Crippen molar-refractivity contribution >= 4 is 5.91 Å². The van der Waals surface area contributed by atoms with Crippen LogP contribution >= 0.6 is 0 Å². The first-order valence-electron chi connectivity index (χ1n) is 9.61. The zero-order chi connectivity index (χ0) is 17.6. The van der Waals surface area contributed by atoms with Gasteiger partial charge in [0.25, 0.3) is 0 Å². The summed E-state index contributed by atoms with van der Waals surface area (Å²) in [7, 11) is 1.67. The molecule has 1 aromatic carbocycles. The zero-order valence-electron chi connectivity index (χ0n) is 15.4. The van der Waals surface area contributed by atoms with Gasteiger partial charge in [0, 0.05) is 24.4 Å². The van der Waals surface area contributed by atoms with E-state index in [0.29, 0.717) is 12.5 Å². The molecule has 3 rings (SSSR count). The van der Waals surface area contributed by atoms with Gasteiger partial charge in [-0.3, -0.25) is 10.2 Å². The molecule has 1 saturated heterocycles. The Hall–Kier alpha value is -1.59. The Balaban J connectivity index is 1.60. The van der Waals surface area contributed by atoms with Crippen LogP contribution in [0.4, 0.5) is 0 Å². The highest BCUT2D eigenvalue weighted by molar-refractivity contribution is 5.76. The van der Waals surface area contributed by atoms with Crippen molar-refractivity contribution in [2.24, 2.45) is 5.92 Å². The number of nitrogens with one attached hydrogen (secondary N) is 3. The number of benzene rings is 1. The van der Waals surface area contributed by atoms with Crippen LogP contribution in [0.3, 0.4) is 0 Å². The van der Waals surface area contributed by atoms with E-state index in [1.54, 1.807) is 7.11 Å². The number of hydrogen-bond donors (Lipinski definition) is 3. The molecule has 138 valence electrons. The molecule has 25 heavy (non-hydrogen) atoms. The second-order valence-electron chi connectivity index (χ2n) is 7.45. The molecule has 0 radical (unpaired) electrons. The molecular formula is C20H31N3O2. The van der Waals surface area contributed by atoms with E-state index in [1.807, 2.05) is 12.1 Å². The third-order valence-electron chi connectivity index (χ3n) is 5.65. The standard InChI is InChI=1S/C20H31N3O2/c1-14-18(13-19(24)21-16-7-5-3-4-6-8-16)20(23-22-14)15-9-11-17(25-2)12-10-15/h9-12,14,16,18,20,22-23H,3-8,13H2,1-2H3,(H,21,24). The lowest BCUT2D eigenvalue weighted by molar-refractivity contribution is -0.123. The Morgan fingerprint density at radius 1 is 1.12 bits per heavy atom. The van der Waals surface area contributed by atoms with Gasteiger partial charge in [0.2, 0.25) is 5.91 Å². The SMILES string of the molecule is COc1ccc(C2NNC(C)C2CC(=O)NC2CCCCCC2)cc1. The first-order chi connectivity index (χ1) is 12.2. The highest BCUT2D eigenvalue weighted by atomic mass is 16.5. The molecule has 0 aromatic heterocycles. The van der Waals surface area contributed by atoms with Crippen LogP contribution in [-0.4, -0.2) is 25.1 Å². The number of ether oxygens (including phenoxy) is 1. The van der Waals surface area contributed by atoms with Gasteiger partial charge in [-0.2, -0.15) is 0 Å². The van der Waals surface area contributed by atoms with Gasteiger partial charge in [0.05, 0.1) is 13.2 Å². The first-order valence-corrected chi connectivity index (χ1v) is 9.61. The average Bonchev–Trinajstić information content (AvgIpc) is 2.82. The molecule has 1 saturated carbocycles. The lowest BCUT2D eigenvalue weighted by Gasteiger charge is -2.23. The van der Waals surface area contributed by atoms with E-state index in [4.69, 9.17) is 4.74 Å². The average molecular weight is 345 g/mol. The van der Waals surface area contributed by atoms with Crippen molar-refractivity contribution in [3.05, 3.63) is 29.8 Å². The van der Waals surface area contributed by atoms with E-state index < -0.39 is 0 Å². The summed E-state index contributed by atoms with van der Waals surface area (Å²) in [6, 6.07) is 8.87. The van der Waals surface area contributed by atoms with Crippen molar-refractivity contribution in [2.45, 2.75) is 70.0 Å². The van der Waals surface area contributed by atoms with Crippen LogP contribution in [0, 0.1) is 5.92 Å². The predicted octanol–water partition coefficient (Wildman–Crippen LogP) is 3.08. The number of methoxy groups -OCH3 is 1.